The van der Waals surface area contributed by atoms with Crippen molar-refractivity contribution in [2.45, 2.75) is 18.9 Å². The minimum absolute atomic E-state index is 0.154. The minimum atomic E-state index is -0.428. The van der Waals surface area contributed by atoms with Gasteiger partial charge in [0.05, 0.1) is 11.3 Å². The fourth-order valence-corrected chi connectivity index (χ4v) is 2.59. The fourth-order valence-electron chi connectivity index (χ4n) is 2.59. The lowest BCUT2D eigenvalue weighted by molar-refractivity contribution is 0.0952. The van der Waals surface area contributed by atoms with Crippen molar-refractivity contribution in [3.63, 3.8) is 0 Å². The number of hydrogen-bond acceptors (Lipinski definition) is 4. The first-order chi connectivity index (χ1) is 12.7. The van der Waals surface area contributed by atoms with Gasteiger partial charge in [-0.2, -0.15) is 0 Å². The lowest BCUT2D eigenvalue weighted by Crippen LogP contribution is -2.27. The second-order valence-electron chi connectivity index (χ2n) is 6.19. The summed E-state index contributed by atoms with van der Waals surface area (Å²) in [6, 6.07) is 18.1. The van der Waals surface area contributed by atoms with Gasteiger partial charge in [0.2, 0.25) is 0 Å². The summed E-state index contributed by atoms with van der Waals surface area (Å²) in [6.07, 6.45) is 2.00. The van der Waals surface area contributed by atoms with Crippen LogP contribution in [-0.4, -0.2) is 23.0 Å². The van der Waals surface area contributed by atoms with Crippen molar-refractivity contribution in [3.8, 4) is 11.3 Å². The van der Waals surface area contributed by atoms with E-state index >= 15 is 0 Å². The van der Waals surface area contributed by atoms with Crippen LogP contribution >= 0.6 is 0 Å². The van der Waals surface area contributed by atoms with Gasteiger partial charge in [-0.05, 0) is 25.0 Å². The highest BCUT2D eigenvalue weighted by molar-refractivity contribution is 6.08. The molecule has 1 saturated carbocycles. The predicted octanol–water partition coefficient (Wildman–Crippen LogP) is 3.49. The molecule has 26 heavy (non-hydrogen) atoms. The van der Waals surface area contributed by atoms with E-state index in [9.17, 15) is 9.59 Å². The summed E-state index contributed by atoms with van der Waals surface area (Å²) in [5.41, 5.74) is 1.86. The van der Waals surface area contributed by atoms with Crippen molar-refractivity contribution >= 4 is 17.5 Å². The largest absolute Gasteiger partial charge is 0.355 e. The first-order valence-electron chi connectivity index (χ1n) is 8.44. The number of hydrogen-bond donors (Lipinski definition) is 2. The normalized spacial score (nSPS) is 13.2. The fraction of sp³-hybridized carbons (Fsp3) is 0.150. The van der Waals surface area contributed by atoms with Crippen molar-refractivity contribution in [1.29, 1.82) is 0 Å². The number of amides is 2. The molecular weight excluding hydrogens is 330 g/mol. The van der Waals surface area contributed by atoms with Crippen LogP contribution in [0, 0.1) is 0 Å². The predicted molar refractivity (Wildman–Crippen MR) is 96.8 cm³/mol. The third kappa shape index (κ3) is 3.49. The number of rotatable bonds is 5. The number of nitrogens with one attached hydrogen (secondary N) is 2. The quantitative estimate of drug-likeness (QED) is 0.740. The summed E-state index contributed by atoms with van der Waals surface area (Å²) in [4.78, 5) is 24.8. The molecule has 0 spiro atoms. The number of benzene rings is 2. The molecule has 1 heterocycles. The van der Waals surface area contributed by atoms with Crippen LogP contribution in [0.15, 0.2) is 65.2 Å². The molecule has 0 atom stereocenters. The second-order valence-corrected chi connectivity index (χ2v) is 6.19. The molecule has 2 amide bonds. The van der Waals surface area contributed by atoms with Crippen molar-refractivity contribution in [3.05, 3.63) is 71.9 Å². The third-order valence-electron chi connectivity index (χ3n) is 4.13. The molecule has 2 aromatic carbocycles. The molecule has 0 bridgehead atoms. The molecule has 3 aromatic rings. The number of aromatic nitrogens is 1. The van der Waals surface area contributed by atoms with E-state index in [4.69, 9.17) is 4.52 Å². The van der Waals surface area contributed by atoms with Gasteiger partial charge in [0, 0.05) is 17.7 Å². The standard InChI is InChI=1S/C20H17N3O3/c24-19(21-14-10-11-14)15-8-4-5-9-16(15)22-20(25)17-12-18(26-23-17)13-6-2-1-3-7-13/h1-9,12,14H,10-11H2,(H,21,24)(H,22,25). The number of nitrogens with zero attached hydrogens (tertiary/aromatic N) is 1. The zero-order chi connectivity index (χ0) is 17.9. The summed E-state index contributed by atoms with van der Waals surface area (Å²) in [7, 11) is 0. The summed E-state index contributed by atoms with van der Waals surface area (Å²) in [5, 5.41) is 9.50. The van der Waals surface area contributed by atoms with Crippen LogP contribution in [0.1, 0.15) is 33.7 Å². The molecular formula is C20H17N3O3. The monoisotopic (exact) mass is 347 g/mol. The molecule has 4 rings (SSSR count). The number of carbonyl (C=O) groups excluding carboxylic acids is 2. The van der Waals surface area contributed by atoms with Gasteiger partial charge >= 0.3 is 0 Å². The van der Waals surface area contributed by atoms with Gasteiger partial charge in [-0.1, -0.05) is 47.6 Å². The lowest BCUT2D eigenvalue weighted by atomic mass is 10.1. The molecule has 1 aromatic heterocycles. The lowest BCUT2D eigenvalue weighted by Gasteiger charge is -2.10. The van der Waals surface area contributed by atoms with E-state index < -0.39 is 5.91 Å². The van der Waals surface area contributed by atoms with Crippen molar-refractivity contribution in [2.75, 3.05) is 5.32 Å². The summed E-state index contributed by atoms with van der Waals surface area (Å²) < 4.78 is 5.26. The van der Waals surface area contributed by atoms with Crippen LogP contribution in [0.4, 0.5) is 5.69 Å². The summed E-state index contributed by atoms with van der Waals surface area (Å²) >= 11 is 0. The van der Waals surface area contributed by atoms with E-state index in [1.165, 1.54) is 0 Å². The van der Waals surface area contributed by atoms with Crippen LogP contribution in [-0.2, 0) is 0 Å². The Balaban J connectivity index is 1.52. The Labute approximate surface area is 150 Å². The number of carbonyl (C=O) groups is 2. The van der Waals surface area contributed by atoms with Gasteiger partial charge < -0.3 is 15.2 Å². The van der Waals surface area contributed by atoms with Crippen LogP contribution in [0.3, 0.4) is 0 Å². The molecule has 1 aliphatic rings. The average Bonchev–Trinajstić information content (AvgIpc) is 3.34. The first kappa shape index (κ1) is 16.1. The van der Waals surface area contributed by atoms with Crippen LogP contribution < -0.4 is 10.6 Å². The van der Waals surface area contributed by atoms with Crippen molar-refractivity contribution < 1.29 is 14.1 Å². The molecule has 6 nitrogen and oxygen atoms in total. The molecule has 0 radical (unpaired) electrons. The second kappa shape index (κ2) is 6.84. The molecule has 1 aliphatic carbocycles. The highest BCUT2D eigenvalue weighted by Gasteiger charge is 2.25. The first-order valence-corrected chi connectivity index (χ1v) is 8.44. The summed E-state index contributed by atoms with van der Waals surface area (Å²) in [5.74, 6) is -0.105. The van der Waals surface area contributed by atoms with Gasteiger partial charge in [-0.25, -0.2) is 0 Å². The van der Waals surface area contributed by atoms with E-state index in [1.54, 1.807) is 30.3 Å². The Kier molecular flexibility index (Phi) is 4.23. The van der Waals surface area contributed by atoms with Crippen LogP contribution in [0.25, 0.3) is 11.3 Å². The Morgan fingerprint density at radius 2 is 1.69 bits per heavy atom. The highest BCUT2D eigenvalue weighted by atomic mass is 16.5. The summed E-state index contributed by atoms with van der Waals surface area (Å²) in [6.45, 7) is 0. The van der Waals surface area contributed by atoms with Crippen LogP contribution in [0.2, 0.25) is 0 Å². The van der Waals surface area contributed by atoms with E-state index in [0.717, 1.165) is 18.4 Å². The molecule has 0 unspecified atom stereocenters. The van der Waals surface area contributed by atoms with E-state index in [2.05, 4.69) is 15.8 Å². The Hall–Kier alpha value is -3.41. The maximum Gasteiger partial charge on any atom is 0.277 e. The van der Waals surface area contributed by atoms with Gasteiger partial charge in [0.25, 0.3) is 11.8 Å². The van der Waals surface area contributed by atoms with Gasteiger partial charge in [-0.3, -0.25) is 9.59 Å². The van der Waals surface area contributed by atoms with Crippen LogP contribution in [0.5, 0.6) is 0 Å². The molecule has 0 saturated heterocycles. The Morgan fingerprint density at radius 1 is 0.962 bits per heavy atom. The number of para-hydroxylation sites is 1. The smallest absolute Gasteiger partial charge is 0.277 e. The molecule has 0 aliphatic heterocycles. The van der Waals surface area contributed by atoms with Gasteiger partial charge in [0.15, 0.2) is 11.5 Å². The molecule has 2 N–H and O–H groups in total. The van der Waals surface area contributed by atoms with Gasteiger partial charge in [-0.15, -0.1) is 0 Å². The Bertz CT molecular complexity index is 946. The van der Waals surface area contributed by atoms with Crippen molar-refractivity contribution in [2.24, 2.45) is 0 Å². The molecule has 1 fully saturated rings. The molecule has 130 valence electrons. The molecule has 6 heteroatoms. The zero-order valence-corrected chi connectivity index (χ0v) is 13.9. The van der Waals surface area contributed by atoms with E-state index in [-0.39, 0.29) is 17.6 Å². The topological polar surface area (TPSA) is 84.2 Å². The van der Waals surface area contributed by atoms with E-state index in [0.29, 0.717) is 17.0 Å². The third-order valence-corrected chi connectivity index (χ3v) is 4.13. The highest BCUT2D eigenvalue weighted by Crippen LogP contribution is 2.23. The minimum Gasteiger partial charge on any atom is -0.355 e. The Morgan fingerprint density at radius 3 is 2.46 bits per heavy atom. The maximum absolute atomic E-state index is 12.5. The number of anilines is 1. The SMILES string of the molecule is O=C(Nc1ccccc1C(=O)NC1CC1)c1cc(-c2ccccc2)on1. The van der Waals surface area contributed by atoms with E-state index in [1.807, 2.05) is 30.3 Å². The van der Waals surface area contributed by atoms with Crippen molar-refractivity contribution in [1.82, 2.24) is 10.5 Å². The maximum atomic E-state index is 12.5. The zero-order valence-electron chi connectivity index (χ0n) is 13.9. The van der Waals surface area contributed by atoms with Gasteiger partial charge in [0.1, 0.15) is 0 Å². The average molecular weight is 347 g/mol.